The molecule has 4 aromatic rings. The van der Waals surface area contributed by atoms with Crippen molar-refractivity contribution >= 4 is 23.5 Å². The van der Waals surface area contributed by atoms with Gasteiger partial charge in [-0.15, -0.1) is 0 Å². The lowest BCUT2D eigenvalue weighted by molar-refractivity contribution is 0.101. The molecule has 0 bridgehead atoms. The Kier molecular flexibility index (Phi) is 29.9. The molecule has 2 amide bonds. The maximum Gasteiger partial charge on any atom is 0.328 e. The van der Waals surface area contributed by atoms with Crippen molar-refractivity contribution in [1.82, 2.24) is 14.5 Å². The molecule has 0 radical (unpaired) electrons. The van der Waals surface area contributed by atoms with Gasteiger partial charge in [-0.05, 0) is 86.8 Å². The molecule has 0 saturated carbocycles. The minimum Gasteiger partial charge on any atom is -0.494 e. The van der Waals surface area contributed by atoms with Crippen LogP contribution in [-0.4, -0.2) is 39.6 Å². The van der Waals surface area contributed by atoms with Gasteiger partial charge in [-0.25, -0.2) is 9.78 Å². The maximum atomic E-state index is 12.7. The lowest BCUT2D eigenvalue weighted by Gasteiger charge is -2.10. The van der Waals surface area contributed by atoms with Crippen molar-refractivity contribution in [1.29, 1.82) is 0 Å². The number of pyridine rings is 1. The van der Waals surface area contributed by atoms with Crippen LogP contribution in [0.4, 0.5) is 11.6 Å². The summed E-state index contributed by atoms with van der Waals surface area (Å²) in [5, 5.41) is 5.56. The van der Waals surface area contributed by atoms with E-state index in [1.54, 1.807) is 84.4 Å². The Hall–Kier alpha value is -5.19. The Labute approximate surface area is 349 Å². The van der Waals surface area contributed by atoms with E-state index in [1.807, 2.05) is 27.7 Å². The second-order valence-corrected chi connectivity index (χ2v) is 13.0. The van der Waals surface area contributed by atoms with Gasteiger partial charge in [0.25, 0.3) is 17.4 Å². The summed E-state index contributed by atoms with van der Waals surface area (Å²) in [6.45, 7) is 18.3. The first-order valence-electron chi connectivity index (χ1n) is 21.1. The van der Waals surface area contributed by atoms with Gasteiger partial charge in [-0.3, -0.25) is 19.4 Å². The number of H-pyrrole nitrogens is 1. The van der Waals surface area contributed by atoms with Crippen molar-refractivity contribution in [2.75, 3.05) is 23.8 Å². The normalized spacial score (nSPS) is 9.86. The average molecular weight is 806 g/mol. The molecule has 11 nitrogen and oxygen atoms in total. The molecule has 2 aromatic carbocycles. The topological polar surface area (TPSA) is 144 Å². The smallest absolute Gasteiger partial charge is 0.328 e. The van der Waals surface area contributed by atoms with E-state index in [0.717, 1.165) is 50.0 Å². The van der Waals surface area contributed by atoms with Crippen LogP contribution in [0.5, 0.6) is 11.5 Å². The third-order valence-corrected chi connectivity index (χ3v) is 8.44. The van der Waals surface area contributed by atoms with Gasteiger partial charge in [0.15, 0.2) is 0 Å². The monoisotopic (exact) mass is 806 g/mol. The number of hydrogen-bond donors (Lipinski definition) is 3. The van der Waals surface area contributed by atoms with Gasteiger partial charge in [0, 0.05) is 30.9 Å². The molecule has 2 aromatic heterocycles. The van der Waals surface area contributed by atoms with Crippen molar-refractivity contribution in [3.05, 3.63) is 110 Å². The lowest BCUT2D eigenvalue weighted by Crippen LogP contribution is -2.30. The maximum absolute atomic E-state index is 12.7. The zero-order valence-electron chi connectivity index (χ0n) is 35.9. The van der Waals surface area contributed by atoms with E-state index < -0.39 is 0 Å². The highest BCUT2D eigenvalue weighted by molar-refractivity contribution is 6.05. The SMILES string of the molecule is C.CC.CC.CCCCCCOc1ccc(C(=O)Nc2cccc(NC(=O)c3ccc(OCCCCCC)cc3)n2)cc1.CCCCCCn1cc(C)c(=O)[nH]c1=O.[HH]. The molecule has 324 valence electrons. The van der Waals surface area contributed by atoms with Crippen LogP contribution in [-0.2, 0) is 6.54 Å². The fourth-order valence-electron chi connectivity index (χ4n) is 5.29. The summed E-state index contributed by atoms with van der Waals surface area (Å²) >= 11 is 0. The number of unbranched alkanes of at least 4 members (excludes halogenated alkanes) is 9. The van der Waals surface area contributed by atoms with Crippen molar-refractivity contribution < 1.29 is 20.5 Å². The third-order valence-electron chi connectivity index (χ3n) is 8.44. The van der Waals surface area contributed by atoms with Gasteiger partial charge in [0.05, 0.1) is 13.2 Å². The van der Waals surface area contributed by atoms with Gasteiger partial charge in [0.1, 0.15) is 23.1 Å². The molecule has 0 saturated heterocycles. The predicted octanol–water partition coefficient (Wildman–Crippen LogP) is 11.9. The van der Waals surface area contributed by atoms with E-state index in [2.05, 4.69) is 41.4 Å². The summed E-state index contributed by atoms with van der Waals surface area (Å²) < 4.78 is 13.1. The van der Waals surface area contributed by atoms with E-state index in [1.165, 1.54) is 38.5 Å². The molecule has 11 heteroatoms. The van der Waals surface area contributed by atoms with E-state index >= 15 is 0 Å². The van der Waals surface area contributed by atoms with Crippen molar-refractivity contribution in [3.8, 4) is 11.5 Å². The fraction of sp³-hybridized carbons (Fsp3) is 0.511. The molecule has 0 atom stereocenters. The molecule has 0 aliphatic heterocycles. The Bertz CT molecular complexity index is 1710. The number of nitrogens with one attached hydrogen (secondary N) is 3. The number of aryl methyl sites for hydroxylation is 2. The molecule has 0 aliphatic carbocycles. The molecule has 2 heterocycles. The summed E-state index contributed by atoms with van der Waals surface area (Å²) in [5.41, 5.74) is 0.983. The quantitative estimate of drug-likeness (QED) is 0.0711. The number of aromatic nitrogens is 3. The zero-order valence-corrected chi connectivity index (χ0v) is 35.9. The molecule has 0 spiro atoms. The first-order valence-corrected chi connectivity index (χ1v) is 21.1. The van der Waals surface area contributed by atoms with Crippen molar-refractivity contribution in [2.45, 2.75) is 146 Å². The van der Waals surface area contributed by atoms with Gasteiger partial charge >= 0.3 is 5.69 Å². The van der Waals surface area contributed by atoms with Gasteiger partial charge in [-0.1, -0.05) is 120 Å². The second kappa shape index (κ2) is 32.8. The Morgan fingerprint density at radius 1 is 0.638 bits per heavy atom. The number of hydrogen-bond acceptors (Lipinski definition) is 7. The Balaban J connectivity index is 0. The van der Waals surface area contributed by atoms with E-state index in [9.17, 15) is 19.2 Å². The van der Waals surface area contributed by atoms with Crippen LogP contribution in [0.15, 0.2) is 82.5 Å². The molecule has 4 rings (SSSR count). The second-order valence-electron chi connectivity index (χ2n) is 13.0. The standard InChI is InChI=1S/C31H39N3O4.C11H18N2O2.2C2H6.CH4.H2/c1-3-5-7-9-22-37-26-18-14-24(15-19-26)30(35)33-28-12-11-13-29(32-28)34-31(36)25-16-20-27(21-17-25)38-23-10-8-6-4-2;1-3-4-5-6-7-13-8-9(2)10(14)12-11(13)15;2*1-2;;/h11-21H,3-10,22-23H2,1-2H3,(H2,32,33,34,35,36);8H,3-7H2,1-2H3,(H,12,14,15);2*1-2H3;1H4;1H. The number of benzene rings is 2. The molecule has 0 aliphatic rings. The highest BCUT2D eigenvalue weighted by Crippen LogP contribution is 2.17. The summed E-state index contributed by atoms with van der Waals surface area (Å²) in [4.78, 5) is 54.5. The molecule has 0 unspecified atom stereocenters. The number of carbonyl (C=O) groups excluding carboxylic acids is 2. The molecule has 3 N–H and O–H groups in total. The molecular formula is C47H75N5O6. The summed E-state index contributed by atoms with van der Waals surface area (Å²) in [6, 6.07) is 19.1. The van der Waals surface area contributed by atoms with Gasteiger partial charge in [-0.2, -0.15) is 0 Å². The van der Waals surface area contributed by atoms with Crippen LogP contribution >= 0.6 is 0 Å². The number of aromatic amines is 1. The number of carbonyl (C=O) groups is 2. The number of anilines is 2. The number of ether oxygens (including phenoxy) is 2. The van der Waals surface area contributed by atoms with Crippen LogP contribution in [0.1, 0.15) is 161 Å². The van der Waals surface area contributed by atoms with Gasteiger partial charge in [0.2, 0.25) is 0 Å². The molecule has 0 fully saturated rings. The summed E-state index contributed by atoms with van der Waals surface area (Å²) in [7, 11) is 0. The number of nitrogens with zero attached hydrogens (tertiary/aromatic N) is 2. The average Bonchev–Trinajstić information content (AvgIpc) is 3.23. The number of rotatable bonds is 21. The predicted molar refractivity (Wildman–Crippen MR) is 244 cm³/mol. The van der Waals surface area contributed by atoms with Gasteiger partial charge < -0.3 is 24.7 Å². The van der Waals surface area contributed by atoms with Crippen LogP contribution in [0, 0.1) is 6.92 Å². The highest BCUT2D eigenvalue weighted by atomic mass is 16.5. The minimum atomic E-state index is -0.304. The largest absolute Gasteiger partial charge is 0.494 e. The van der Waals surface area contributed by atoms with Crippen molar-refractivity contribution in [2.24, 2.45) is 0 Å². The van der Waals surface area contributed by atoms with Crippen LogP contribution in [0.25, 0.3) is 0 Å². The molecular weight excluding hydrogens is 731 g/mol. The van der Waals surface area contributed by atoms with E-state index in [-0.39, 0.29) is 31.9 Å². The van der Waals surface area contributed by atoms with Crippen LogP contribution < -0.4 is 31.4 Å². The van der Waals surface area contributed by atoms with E-state index in [4.69, 9.17) is 9.47 Å². The minimum absolute atomic E-state index is 0. The summed E-state index contributed by atoms with van der Waals surface area (Å²) in [6.07, 6.45) is 15.3. The van der Waals surface area contributed by atoms with Crippen LogP contribution in [0.2, 0.25) is 0 Å². The molecule has 58 heavy (non-hydrogen) atoms. The Morgan fingerprint density at radius 2 is 1.05 bits per heavy atom. The summed E-state index contributed by atoms with van der Waals surface area (Å²) in [5.74, 6) is 1.59. The highest BCUT2D eigenvalue weighted by Gasteiger charge is 2.11. The fourth-order valence-corrected chi connectivity index (χ4v) is 5.29. The Morgan fingerprint density at radius 3 is 1.47 bits per heavy atom. The van der Waals surface area contributed by atoms with Crippen LogP contribution in [0.3, 0.4) is 0 Å². The van der Waals surface area contributed by atoms with E-state index in [0.29, 0.717) is 48.1 Å². The third kappa shape index (κ3) is 21.4. The zero-order chi connectivity index (χ0) is 42.3. The first kappa shape index (κ1) is 52.8. The number of amides is 2. The van der Waals surface area contributed by atoms with Crippen molar-refractivity contribution in [3.63, 3.8) is 0 Å². The first-order chi connectivity index (χ1) is 27.7. The lowest BCUT2D eigenvalue weighted by atomic mass is 10.2.